The zero-order chi connectivity index (χ0) is 17.4. The van der Waals surface area contributed by atoms with E-state index in [1.54, 1.807) is 13.0 Å². The van der Waals surface area contributed by atoms with Crippen LogP contribution in [0, 0.1) is 0 Å². The van der Waals surface area contributed by atoms with Gasteiger partial charge < -0.3 is 19.7 Å². The molecule has 0 spiro atoms. The predicted molar refractivity (Wildman–Crippen MR) is 88.4 cm³/mol. The fraction of sp³-hybridized carbons (Fsp3) is 0.812. The third-order valence-corrected chi connectivity index (χ3v) is 1.56. The molecular weight excluding hydrogens is 272 g/mol. The van der Waals surface area contributed by atoms with Crippen LogP contribution in [0.4, 0.5) is 0 Å². The summed E-state index contributed by atoms with van der Waals surface area (Å²) < 4.78 is 9.63. The molecule has 0 saturated heterocycles. The van der Waals surface area contributed by atoms with Crippen LogP contribution in [0.25, 0.3) is 0 Å². The Hall–Kier alpha value is -0.910. The van der Waals surface area contributed by atoms with Gasteiger partial charge in [0.25, 0.3) is 0 Å². The van der Waals surface area contributed by atoms with Crippen LogP contribution in [0.3, 0.4) is 0 Å². The molecule has 0 bridgehead atoms. The van der Waals surface area contributed by atoms with Gasteiger partial charge in [0.15, 0.2) is 0 Å². The van der Waals surface area contributed by atoms with Gasteiger partial charge in [-0.3, -0.25) is 4.79 Å². The zero-order valence-electron chi connectivity index (χ0n) is 14.6. The molecule has 0 saturated carbocycles. The van der Waals surface area contributed by atoms with Crippen molar-refractivity contribution in [1.29, 1.82) is 0 Å². The van der Waals surface area contributed by atoms with Gasteiger partial charge in [0.2, 0.25) is 0 Å². The molecule has 2 N–H and O–H groups in total. The molecule has 0 aliphatic heterocycles. The predicted octanol–water partition coefficient (Wildman–Crippen LogP) is 2.95. The molecule has 130 valence electrons. The molecular formula is C16H36O5. The number of aliphatic hydroxyl groups excluding tert-OH is 2. The van der Waals surface area contributed by atoms with Gasteiger partial charge >= 0.3 is 5.97 Å². The fourth-order valence-electron chi connectivity index (χ4n) is 0.637. The summed E-state index contributed by atoms with van der Waals surface area (Å²) in [5.41, 5.74) is 0. The average molecular weight is 308 g/mol. The zero-order valence-corrected chi connectivity index (χ0v) is 14.6. The molecule has 0 amide bonds. The standard InChI is InChI=1S/C7H14O2.C4H10O.C3H6.C2H6O2/c1-3-5-6-9-7(8)4-2;1-3-5-4-2;1-3-2;3-1-2-4/h3-6H2,1-2H3;3-4H2,1-2H3;3H,1H2,2H3;3-4H,1-2H2. The van der Waals surface area contributed by atoms with Crippen molar-refractivity contribution in [2.45, 2.75) is 53.9 Å². The number of carbonyl (C=O) groups is 1. The van der Waals surface area contributed by atoms with Crippen molar-refractivity contribution in [3.05, 3.63) is 12.7 Å². The van der Waals surface area contributed by atoms with Crippen LogP contribution in [0.2, 0.25) is 0 Å². The molecule has 0 aromatic heterocycles. The highest BCUT2D eigenvalue weighted by Crippen LogP contribution is 1.90. The minimum atomic E-state index is -0.125. The Morgan fingerprint density at radius 3 is 1.71 bits per heavy atom. The van der Waals surface area contributed by atoms with E-state index >= 15 is 0 Å². The Morgan fingerprint density at radius 2 is 1.52 bits per heavy atom. The molecule has 21 heavy (non-hydrogen) atoms. The number of esters is 1. The molecule has 5 heteroatoms. The summed E-state index contributed by atoms with van der Waals surface area (Å²) >= 11 is 0. The second-order valence-corrected chi connectivity index (χ2v) is 3.56. The Morgan fingerprint density at radius 1 is 1.10 bits per heavy atom. The summed E-state index contributed by atoms with van der Waals surface area (Å²) in [7, 11) is 0. The molecule has 5 nitrogen and oxygen atoms in total. The molecule has 0 aromatic rings. The van der Waals surface area contributed by atoms with Crippen molar-refractivity contribution in [2.75, 3.05) is 33.0 Å². The maximum atomic E-state index is 10.5. The van der Waals surface area contributed by atoms with E-state index in [1.807, 2.05) is 20.8 Å². The topological polar surface area (TPSA) is 76.0 Å². The number of aliphatic hydroxyl groups is 2. The molecule has 0 unspecified atom stereocenters. The molecule has 0 radical (unpaired) electrons. The lowest BCUT2D eigenvalue weighted by Gasteiger charge is -1.99. The normalized spacial score (nSPS) is 7.95. The van der Waals surface area contributed by atoms with E-state index in [4.69, 9.17) is 19.7 Å². The molecule has 0 heterocycles. The summed E-state index contributed by atoms with van der Waals surface area (Å²) in [6.45, 7) is 15.1. The van der Waals surface area contributed by atoms with Crippen LogP contribution in [0.15, 0.2) is 12.7 Å². The largest absolute Gasteiger partial charge is 0.466 e. The van der Waals surface area contributed by atoms with Gasteiger partial charge in [-0.1, -0.05) is 26.3 Å². The number of allylic oxidation sites excluding steroid dienone is 1. The second kappa shape index (κ2) is 36.5. The Kier molecular flexibility index (Phi) is 49.1. The fourth-order valence-corrected chi connectivity index (χ4v) is 0.637. The van der Waals surface area contributed by atoms with E-state index < -0.39 is 0 Å². The number of rotatable bonds is 7. The van der Waals surface area contributed by atoms with Gasteiger partial charge in [-0.15, -0.1) is 6.58 Å². The lowest BCUT2D eigenvalue weighted by molar-refractivity contribution is -0.143. The van der Waals surface area contributed by atoms with E-state index in [0.29, 0.717) is 13.0 Å². The van der Waals surface area contributed by atoms with Gasteiger partial charge in [0.05, 0.1) is 19.8 Å². The van der Waals surface area contributed by atoms with Gasteiger partial charge in [-0.2, -0.15) is 0 Å². The highest BCUT2D eigenvalue weighted by molar-refractivity contribution is 5.68. The number of unbranched alkanes of at least 4 members (excludes halogenated alkanes) is 1. The van der Waals surface area contributed by atoms with Crippen LogP contribution < -0.4 is 0 Å². The Labute approximate surface area is 131 Å². The summed E-state index contributed by atoms with van der Waals surface area (Å²) in [6, 6.07) is 0. The molecule has 0 aliphatic carbocycles. The minimum Gasteiger partial charge on any atom is -0.466 e. The third kappa shape index (κ3) is 67.5. The van der Waals surface area contributed by atoms with Crippen LogP contribution in [-0.4, -0.2) is 49.2 Å². The van der Waals surface area contributed by atoms with E-state index in [2.05, 4.69) is 13.5 Å². The molecule has 0 atom stereocenters. The Balaban J connectivity index is -0.000000102. The quantitative estimate of drug-likeness (QED) is 0.429. The van der Waals surface area contributed by atoms with Crippen molar-refractivity contribution in [3.63, 3.8) is 0 Å². The highest BCUT2D eigenvalue weighted by Gasteiger charge is 1.94. The highest BCUT2D eigenvalue weighted by atomic mass is 16.5. The van der Waals surface area contributed by atoms with Crippen molar-refractivity contribution in [2.24, 2.45) is 0 Å². The molecule has 0 aliphatic rings. The van der Waals surface area contributed by atoms with Gasteiger partial charge in [0, 0.05) is 19.6 Å². The number of carbonyl (C=O) groups excluding carboxylic acids is 1. The lowest BCUT2D eigenvalue weighted by Crippen LogP contribution is -2.02. The summed E-state index contributed by atoms with van der Waals surface area (Å²) in [5.74, 6) is -0.0940. The first kappa shape index (κ1) is 28.3. The first-order valence-electron chi connectivity index (χ1n) is 7.57. The van der Waals surface area contributed by atoms with Crippen LogP contribution in [0.1, 0.15) is 53.9 Å². The molecule has 0 rings (SSSR count). The second-order valence-electron chi connectivity index (χ2n) is 3.56. The first-order valence-corrected chi connectivity index (χ1v) is 7.57. The van der Waals surface area contributed by atoms with E-state index in [-0.39, 0.29) is 19.2 Å². The maximum absolute atomic E-state index is 10.5. The average Bonchev–Trinajstić information content (AvgIpc) is 2.50. The van der Waals surface area contributed by atoms with Gasteiger partial charge in [-0.05, 0) is 27.2 Å². The Bertz CT molecular complexity index is 168. The first-order chi connectivity index (χ1) is 10.1. The van der Waals surface area contributed by atoms with Crippen LogP contribution in [-0.2, 0) is 14.3 Å². The molecule has 0 fully saturated rings. The monoisotopic (exact) mass is 308 g/mol. The van der Waals surface area contributed by atoms with Crippen LogP contribution in [0.5, 0.6) is 0 Å². The number of hydrogen-bond donors (Lipinski definition) is 2. The SMILES string of the molecule is C=CC.CCCCOC(=O)CC.CCOCC.OCCO. The molecule has 0 aromatic carbocycles. The van der Waals surface area contributed by atoms with Crippen LogP contribution >= 0.6 is 0 Å². The summed E-state index contributed by atoms with van der Waals surface area (Å²) in [6.07, 6.45) is 4.30. The number of hydrogen-bond acceptors (Lipinski definition) is 5. The van der Waals surface area contributed by atoms with Crippen molar-refractivity contribution in [1.82, 2.24) is 0 Å². The van der Waals surface area contributed by atoms with E-state index in [0.717, 1.165) is 26.1 Å². The van der Waals surface area contributed by atoms with E-state index in [9.17, 15) is 4.79 Å². The maximum Gasteiger partial charge on any atom is 0.305 e. The minimum absolute atomic E-state index is 0.0940. The van der Waals surface area contributed by atoms with E-state index in [1.165, 1.54) is 0 Å². The number of ether oxygens (including phenoxy) is 2. The lowest BCUT2D eigenvalue weighted by atomic mass is 10.4. The third-order valence-electron chi connectivity index (χ3n) is 1.56. The summed E-state index contributed by atoms with van der Waals surface area (Å²) in [5, 5.41) is 15.2. The van der Waals surface area contributed by atoms with Gasteiger partial charge in [0.1, 0.15) is 0 Å². The van der Waals surface area contributed by atoms with Crippen molar-refractivity contribution < 1.29 is 24.5 Å². The van der Waals surface area contributed by atoms with Gasteiger partial charge in [-0.25, -0.2) is 0 Å². The smallest absolute Gasteiger partial charge is 0.305 e. The van der Waals surface area contributed by atoms with Crippen molar-refractivity contribution >= 4 is 5.97 Å². The summed E-state index contributed by atoms with van der Waals surface area (Å²) in [4.78, 5) is 10.5. The van der Waals surface area contributed by atoms with Crippen molar-refractivity contribution in [3.8, 4) is 0 Å².